The molecule has 1 aliphatic rings. The number of ether oxygens (including phenoxy) is 1. The van der Waals surface area contributed by atoms with Gasteiger partial charge in [0.15, 0.2) is 0 Å². The highest BCUT2D eigenvalue weighted by atomic mass is 35.5. The van der Waals surface area contributed by atoms with Crippen molar-refractivity contribution >= 4 is 34.8 Å². The van der Waals surface area contributed by atoms with E-state index in [9.17, 15) is 9.59 Å². The zero-order chi connectivity index (χ0) is 24.8. The van der Waals surface area contributed by atoms with E-state index in [1.807, 2.05) is 66.4 Å². The van der Waals surface area contributed by atoms with Crippen LogP contribution in [0.5, 0.6) is 5.75 Å². The summed E-state index contributed by atoms with van der Waals surface area (Å²) in [6, 6.07) is 20.3. The normalized spacial score (nSPS) is 13.5. The fraction of sp³-hybridized carbons (Fsp3) is 0.286. The van der Waals surface area contributed by atoms with Gasteiger partial charge in [0.05, 0.1) is 17.3 Å². The molecule has 1 heterocycles. The molecule has 0 spiro atoms. The highest BCUT2D eigenvalue weighted by Crippen LogP contribution is 2.30. The van der Waals surface area contributed by atoms with Crippen molar-refractivity contribution < 1.29 is 14.3 Å². The number of rotatable bonds is 7. The Hall–Kier alpha value is -3.51. The summed E-state index contributed by atoms with van der Waals surface area (Å²) in [5, 5.41) is 3.49. The third kappa shape index (κ3) is 5.95. The number of piperazine rings is 1. The zero-order valence-electron chi connectivity index (χ0n) is 20.1. The van der Waals surface area contributed by atoms with Crippen LogP contribution < -0.4 is 15.0 Å². The van der Waals surface area contributed by atoms with Gasteiger partial charge in [0, 0.05) is 43.0 Å². The van der Waals surface area contributed by atoms with E-state index in [0.717, 1.165) is 23.4 Å². The Bertz CT molecular complexity index is 1190. The number of hydrogen-bond acceptors (Lipinski definition) is 4. The summed E-state index contributed by atoms with van der Waals surface area (Å²) in [6.45, 7) is 7.20. The van der Waals surface area contributed by atoms with Crippen molar-refractivity contribution in [1.29, 1.82) is 0 Å². The summed E-state index contributed by atoms with van der Waals surface area (Å²) in [4.78, 5) is 29.6. The molecular formula is C28H30ClN3O3. The molecule has 6 nitrogen and oxygen atoms in total. The number of carbonyl (C=O) groups excluding carboxylic acids is 2. The maximum atomic E-state index is 12.9. The number of anilines is 2. The van der Waals surface area contributed by atoms with Crippen molar-refractivity contribution in [3.8, 4) is 5.75 Å². The molecular weight excluding hydrogens is 462 g/mol. The highest BCUT2D eigenvalue weighted by molar-refractivity contribution is 6.33. The van der Waals surface area contributed by atoms with Gasteiger partial charge in [0.2, 0.25) is 0 Å². The second kappa shape index (κ2) is 11.3. The lowest BCUT2D eigenvalue weighted by Gasteiger charge is -2.36. The topological polar surface area (TPSA) is 61.9 Å². The van der Waals surface area contributed by atoms with Gasteiger partial charge >= 0.3 is 0 Å². The first-order valence-electron chi connectivity index (χ1n) is 11.9. The van der Waals surface area contributed by atoms with E-state index in [2.05, 4.69) is 17.1 Å². The first-order chi connectivity index (χ1) is 17.0. The van der Waals surface area contributed by atoms with E-state index >= 15 is 0 Å². The van der Waals surface area contributed by atoms with Crippen LogP contribution in [0.2, 0.25) is 5.02 Å². The average molecular weight is 492 g/mol. The molecule has 0 saturated carbocycles. The summed E-state index contributed by atoms with van der Waals surface area (Å²) < 4.78 is 5.60. The first-order valence-corrected chi connectivity index (χ1v) is 12.3. The van der Waals surface area contributed by atoms with Crippen LogP contribution in [0.3, 0.4) is 0 Å². The summed E-state index contributed by atoms with van der Waals surface area (Å²) in [7, 11) is 0. The summed E-state index contributed by atoms with van der Waals surface area (Å²) in [6.07, 6.45) is 0.944. The highest BCUT2D eigenvalue weighted by Gasteiger charge is 2.23. The molecule has 35 heavy (non-hydrogen) atoms. The minimum absolute atomic E-state index is 0.0204. The van der Waals surface area contributed by atoms with Gasteiger partial charge in [-0.05, 0) is 67.4 Å². The number of hydrogen-bond donors (Lipinski definition) is 1. The van der Waals surface area contributed by atoms with E-state index in [1.165, 1.54) is 0 Å². The molecule has 0 atom stereocenters. The van der Waals surface area contributed by atoms with Crippen molar-refractivity contribution in [2.45, 2.75) is 20.3 Å². The Morgan fingerprint density at radius 3 is 2.34 bits per heavy atom. The quantitative estimate of drug-likeness (QED) is 0.463. The lowest BCUT2D eigenvalue weighted by atomic mass is 10.1. The van der Waals surface area contributed by atoms with Crippen molar-refractivity contribution in [3.05, 3.63) is 88.4 Å². The molecule has 3 aromatic rings. The number of benzene rings is 3. The van der Waals surface area contributed by atoms with Crippen molar-refractivity contribution in [3.63, 3.8) is 0 Å². The van der Waals surface area contributed by atoms with Crippen molar-refractivity contribution in [1.82, 2.24) is 4.90 Å². The summed E-state index contributed by atoms with van der Waals surface area (Å²) in [5.74, 6) is 0.637. The molecule has 182 valence electrons. The largest absolute Gasteiger partial charge is 0.494 e. The molecule has 1 fully saturated rings. The molecule has 0 bridgehead atoms. The Kier molecular flexibility index (Phi) is 7.93. The Morgan fingerprint density at radius 2 is 1.69 bits per heavy atom. The van der Waals surface area contributed by atoms with Crippen molar-refractivity contribution in [2.75, 3.05) is 43.0 Å². The zero-order valence-corrected chi connectivity index (χ0v) is 20.8. The van der Waals surface area contributed by atoms with Gasteiger partial charge in [-0.25, -0.2) is 0 Å². The second-order valence-electron chi connectivity index (χ2n) is 8.59. The standard InChI is InChI=1S/C28H30ClN3O3/c1-3-18-35-23-11-8-21(9-12-23)28(34)32-16-14-31(15-17-32)26-13-10-22(19-25(26)29)30-27(33)24-7-5-4-6-20(24)2/h4-13,19H,3,14-18H2,1-2H3,(H,30,33). The Morgan fingerprint density at radius 1 is 0.971 bits per heavy atom. The van der Waals surface area contributed by atoms with E-state index < -0.39 is 0 Å². The van der Waals surface area contributed by atoms with Crippen LogP contribution in [0.15, 0.2) is 66.7 Å². The predicted octanol–water partition coefficient (Wildman–Crippen LogP) is 5.65. The molecule has 1 aliphatic heterocycles. The second-order valence-corrected chi connectivity index (χ2v) is 8.99. The van der Waals surface area contributed by atoms with Crippen LogP contribution in [0, 0.1) is 6.92 Å². The maximum absolute atomic E-state index is 12.9. The number of nitrogens with one attached hydrogen (secondary N) is 1. The SMILES string of the molecule is CCCOc1ccc(C(=O)N2CCN(c3ccc(NC(=O)c4ccccc4C)cc3Cl)CC2)cc1. The minimum atomic E-state index is -0.163. The molecule has 0 aromatic heterocycles. The van der Waals surface area contributed by atoms with Crippen LogP contribution in [-0.2, 0) is 0 Å². The summed E-state index contributed by atoms with van der Waals surface area (Å²) in [5.41, 5.74) is 3.75. The van der Waals surface area contributed by atoms with Gasteiger partial charge in [-0.15, -0.1) is 0 Å². The fourth-order valence-electron chi connectivity index (χ4n) is 4.11. The van der Waals surface area contributed by atoms with Crippen molar-refractivity contribution in [2.24, 2.45) is 0 Å². The van der Waals surface area contributed by atoms with Gasteiger partial charge < -0.3 is 19.9 Å². The molecule has 3 aromatic carbocycles. The van der Waals surface area contributed by atoms with Gasteiger partial charge in [-0.2, -0.15) is 0 Å². The third-order valence-electron chi connectivity index (χ3n) is 6.08. The molecule has 0 radical (unpaired) electrons. The van der Waals surface area contributed by atoms with Crippen LogP contribution >= 0.6 is 11.6 Å². The Labute approximate surface area is 211 Å². The number of aryl methyl sites for hydroxylation is 1. The van der Waals surface area contributed by atoms with E-state index in [1.54, 1.807) is 12.1 Å². The van der Waals surface area contributed by atoms with Gasteiger partial charge in [0.1, 0.15) is 5.75 Å². The molecule has 0 unspecified atom stereocenters. The summed E-state index contributed by atoms with van der Waals surface area (Å²) >= 11 is 6.58. The number of halogens is 1. The van der Waals surface area contributed by atoms with Gasteiger partial charge in [-0.3, -0.25) is 9.59 Å². The van der Waals surface area contributed by atoms with Gasteiger partial charge in [-0.1, -0.05) is 36.7 Å². The molecule has 1 saturated heterocycles. The molecule has 7 heteroatoms. The van der Waals surface area contributed by atoms with Crippen LogP contribution in [0.4, 0.5) is 11.4 Å². The maximum Gasteiger partial charge on any atom is 0.255 e. The smallest absolute Gasteiger partial charge is 0.255 e. The lowest BCUT2D eigenvalue weighted by Crippen LogP contribution is -2.48. The molecule has 2 amide bonds. The molecule has 1 N–H and O–H groups in total. The number of carbonyl (C=O) groups is 2. The van der Waals surface area contributed by atoms with Crippen LogP contribution in [-0.4, -0.2) is 49.5 Å². The number of nitrogens with zero attached hydrogens (tertiary/aromatic N) is 2. The minimum Gasteiger partial charge on any atom is -0.494 e. The average Bonchev–Trinajstić information content (AvgIpc) is 2.88. The Balaban J connectivity index is 1.34. The third-order valence-corrected chi connectivity index (χ3v) is 6.38. The molecule has 4 rings (SSSR count). The predicted molar refractivity (Wildman–Crippen MR) is 141 cm³/mol. The van der Waals surface area contributed by atoms with Crippen LogP contribution in [0.25, 0.3) is 0 Å². The number of amides is 2. The van der Waals surface area contributed by atoms with Crippen LogP contribution in [0.1, 0.15) is 39.6 Å². The lowest BCUT2D eigenvalue weighted by molar-refractivity contribution is 0.0746. The molecule has 0 aliphatic carbocycles. The van der Waals surface area contributed by atoms with E-state index in [-0.39, 0.29) is 11.8 Å². The van der Waals surface area contributed by atoms with E-state index in [0.29, 0.717) is 54.6 Å². The first kappa shape index (κ1) is 24.6. The monoisotopic (exact) mass is 491 g/mol. The van der Waals surface area contributed by atoms with Gasteiger partial charge in [0.25, 0.3) is 11.8 Å². The van der Waals surface area contributed by atoms with E-state index in [4.69, 9.17) is 16.3 Å². The fourth-order valence-corrected chi connectivity index (χ4v) is 4.41.